The number of halogens is 1. The zero-order valence-electron chi connectivity index (χ0n) is 15.0. The van der Waals surface area contributed by atoms with Gasteiger partial charge in [0.1, 0.15) is 5.82 Å². The van der Waals surface area contributed by atoms with Crippen molar-refractivity contribution in [2.45, 2.75) is 34.6 Å². The van der Waals surface area contributed by atoms with Crippen LogP contribution in [-0.2, 0) is 0 Å². The van der Waals surface area contributed by atoms with Gasteiger partial charge in [-0.2, -0.15) is 0 Å². The van der Waals surface area contributed by atoms with Crippen LogP contribution < -0.4 is 0 Å². The van der Waals surface area contributed by atoms with Crippen LogP contribution in [0, 0.1) is 40.4 Å². The fraction of sp³-hybridized carbons (Fsp3) is 0.217. The van der Waals surface area contributed by atoms with E-state index in [0.29, 0.717) is 0 Å². The lowest BCUT2D eigenvalue weighted by Gasteiger charge is -2.17. The molecule has 0 saturated heterocycles. The monoisotopic (exact) mass is 318 g/mol. The number of benzene rings is 3. The third kappa shape index (κ3) is 2.75. The average molecular weight is 318 g/mol. The first-order valence-electron chi connectivity index (χ1n) is 8.33. The van der Waals surface area contributed by atoms with Gasteiger partial charge >= 0.3 is 0 Å². The first-order chi connectivity index (χ1) is 11.4. The first kappa shape index (κ1) is 16.4. The Morgan fingerprint density at radius 2 is 0.958 bits per heavy atom. The number of aryl methyl sites for hydroxylation is 1. The van der Waals surface area contributed by atoms with E-state index >= 15 is 0 Å². The second-order valence-electron chi connectivity index (χ2n) is 6.60. The molecule has 0 aliphatic heterocycles. The SMILES string of the molecule is Cc1ccc(-c2ccc(-c3ccc(F)cc3)c(C)c2C)c(C)c1C. The smallest absolute Gasteiger partial charge is 0.123 e. The minimum atomic E-state index is -0.199. The molecule has 0 atom stereocenters. The van der Waals surface area contributed by atoms with Gasteiger partial charge in [0.2, 0.25) is 0 Å². The molecule has 122 valence electrons. The largest absolute Gasteiger partial charge is 0.207 e. The van der Waals surface area contributed by atoms with E-state index in [1.54, 1.807) is 0 Å². The van der Waals surface area contributed by atoms with Crippen molar-refractivity contribution < 1.29 is 4.39 Å². The zero-order chi connectivity index (χ0) is 17.4. The Morgan fingerprint density at radius 3 is 1.58 bits per heavy atom. The molecule has 0 bridgehead atoms. The van der Waals surface area contributed by atoms with Crippen LogP contribution in [0.4, 0.5) is 4.39 Å². The minimum Gasteiger partial charge on any atom is -0.207 e. The van der Waals surface area contributed by atoms with E-state index in [0.717, 1.165) is 11.1 Å². The number of hydrogen-bond acceptors (Lipinski definition) is 0. The summed E-state index contributed by atoms with van der Waals surface area (Å²) in [6, 6.07) is 15.5. The van der Waals surface area contributed by atoms with Crippen LogP contribution in [0.2, 0.25) is 0 Å². The van der Waals surface area contributed by atoms with Gasteiger partial charge in [-0.05, 0) is 96.8 Å². The van der Waals surface area contributed by atoms with Gasteiger partial charge < -0.3 is 0 Å². The number of hydrogen-bond donors (Lipinski definition) is 0. The fourth-order valence-corrected chi connectivity index (χ4v) is 3.30. The van der Waals surface area contributed by atoms with Crippen LogP contribution in [0.3, 0.4) is 0 Å². The highest BCUT2D eigenvalue weighted by Crippen LogP contribution is 2.35. The van der Waals surface area contributed by atoms with Gasteiger partial charge in [-0.25, -0.2) is 4.39 Å². The molecule has 0 nitrogen and oxygen atoms in total. The van der Waals surface area contributed by atoms with Crippen molar-refractivity contribution in [3.05, 3.63) is 82.2 Å². The summed E-state index contributed by atoms with van der Waals surface area (Å²) in [6.07, 6.45) is 0. The minimum absolute atomic E-state index is 0.199. The van der Waals surface area contributed by atoms with Crippen molar-refractivity contribution in [3.63, 3.8) is 0 Å². The van der Waals surface area contributed by atoms with Crippen LogP contribution in [0.1, 0.15) is 27.8 Å². The molecule has 0 saturated carbocycles. The average Bonchev–Trinajstić information content (AvgIpc) is 2.57. The van der Waals surface area contributed by atoms with Crippen molar-refractivity contribution in [1.82, 2.24) is 0 Å². The molecule has 0 aliphatic carbocycles. The second kappa shape index (κ2) is 6.24. The van der Waals surface area contributed by atoms with Crippen LogP contribution >= 0.6 is 0 Å². The van der Waals surface area contributed by atoms with E-state index in [-0.39, 0.29) is 5.82 Å². The lowest BCUT2D eigenvalue weighted by molar-refractivity contribution is 0.628. The van der Waals surface area contributed by atoms with Crippen molar-refractivity contribution in [2.24, 2.45) is 0 Å². The topological polar surface area (TPSA) is 0 Å². The summed E-state index contributed by atoms with van der Waals surface area (Å²) in [5.41, 5.74) is 11.3. The maximum Gasteiger partial charge on any atom is 0.123 e. The molecule has 0 N–H and O–H groups in total. The summed E-state index contributed by atoms with van der Waals surface area (Å²) in [6.45, 7) is 10.9. The molecular formula is C23H23F. The number of rotatable bonds is 2. The van der Waals surface area contributed by atoms with Gasteiger partial charge in [0.15, 0.2) is 0 Å². The van der Waals surface area contributed by atoms with Crippen molar-refractivity contribution in [3.8, 4) is 22.3 Å². The molecule has 0 radical (unpaired) electrons. The Balaban J connectivity index is 2.15. The predicted octanol–water partition coefficient (Wildman–Crippen LogP) is 6.70. The van der Waals surface area contributed by atoms with E-state index in [9.17, 15) is 4.39 Å². The summed E-state index contributed by atoms with van der Waals surface area (Å²) in [5, 5.41) is 0. The molecule has 3 aromatic carbocycles. The Morgan fingerprint density at radius 1 is 0.500 bits per heavy atom. The molecule has 0 aliphatic rings. The van der Waals surface area contributed by atoms with Gasteiger partial charge in [0.25, 0.3) is 0 Å². The Labute approximate surface area is 144 Å². The molecule has 0 aromatic heterocycles. The highest BCUT2D eigenvalue weighted by Gasteiger charge is 2.12. The van der Waals surface area contributed by atoms with Gasteiger partial charge in [-0.1, -0.05) is 36.4 Å². The second-order valence-corrected chi connectivity index (χ2v) is 6.60. The first-order valence-corrected chi connectivity index (χ1v) is 8.33. The Kier molecular flexibility index (Phi) is 4.28. The highest BCUT2D eigenvalue weighted by atomic mass is 19.1. The molecule has 0 amide bonds. The van der Waals surface area contributed by atoms with Gasteiger partial charge in [0, 0.05) is 0 Å². The molecule has 3 rings (SSSR count). The molecule has 0 unspecified atom stereocenters. The predicted molar refractivity (Wildman–Crippen MR) is 101 cm³/mol. The Hall–Kier alpha value is -2.41. The lowest BCUT2D eigenvalue weighted by atomic mass is 9.87. The fourth-order valence-electron chi connectivity index (χ4n) is 3.30. The highest BCUT2D eigenvalue weighted by molar-refractivity contribution is 5.79. The molecule has 1 heteroatoms. The summed E-state index contributed by atoms with van der Waals surface area (Å²) in [4.78, 5) is 0. The third-order valence-corrected chi connectivity index (χ3v) is 5.29. The summed E-state index contributed by atoms with van der Waals surface area (Å²) in [7, 11) is 0. The summed E-state index contributed by atoms with van der Waals surface area (Å²) >= 11 is 0. The molecule has 3 aromatic rings. The quantitative estimate of drug-likeness (QED) is 0.493. The van der Waals surface area contributed by atoms with Crippen molar-refractivity contribution >= 4 is 0 Å². The van der Waals surface area contributed by atoms with E-state index in [1.165, 1.54) is 51.1 Å². The van der Waals surface area contributed by atoms with Crippen molar-refractivity contribution in [2.75, 3.05) is 0 Å². The van der Waals surface area contributed by atoms with Gasteiger partial charge in [-0.3, -0.25) is 0 Å². The van der Waals surface area contributed by atoms with Crippen molar-refractivity contribution in [1.29, 1.82) is 0 Å². The van der Waals surface area contributed by atoms with Gasteiger partial charge in [-0.15, -0.1) is 0 Å². The normalized spacial score (nSPS) is 10.9. The van der Waals surface area contributed by atoms with Crippen LogP contribution in [0.15, 0.2) is 48.5 Å². The zero-order valence-corrected chi connectivity index (χ0v) is 15.0. The van der Waals surface area contributed by atoms with Crippen LogP contribution in [-0.4, -0.2) is 0 Å². The molecule has 0 fully saturated rings. The maximum atomic E-state index is 13.2. The molecular weight excluding hydrogens is 295 g/mol. The summed E-state index contributed by atoms with van der Waals surface area (Å²) in [5.74, 6) is -0.199. The van der Waals surface area contributed by atoms with E-state index in [2.05, 4.69) is 58.9 Å². The standard InChI is InChI=1S/C23H23F/c1-14-6-11-22(16(3)15(14)2)23-13-12-21(17(4)18(23)5)19-7-9-20(24)10-8-19/h6-13H,1-5H3. The van der Waals surface area contributed by atoms with E-state index in [1.807, 2.05) is 12.1 Å². The Bertz CT molecular complexity index is 902. The van der Waals surface area contributed by atoms with Gasteiger partial charge in [0.05, 0.1) is 0 Å². The maximum absolute atomic E-state index is 13.2. The lowest BCUT2D eigenvalue weighted by Crippen LogP contribution is -1.96. The van der Waals surface area contributed by atoms with Crippen LogP contribution in [0.25, 0.3) is 22.3 Å². The molecule has 0 heterocycles. The van der Waals surface area contributed by atoms with E-state index < -0.39 is 0 Å². The third-order valence-electron chi connectivity index (χ3n) is 5.29. The summed E-state index contributed by atoms with van der Waals surface area (Å²) < 4.78 is 13.2. The molecule has 0 spiro atoms. The van der Waals surface area contributed by atoms with Crippen LogP contribution in [0.5, 0.6) is 0 Å². The molecule has 24 heavy (non-hydrogen) atoms. The van der Waals surface area contributed by atoms with E-state index in [4.69, 9.17) is 0 Å².